The van der Waals surface area contributed by atoms with Crippen molar-refractivity contribution in [2.24, 2.45) is 5.92 Å². The highest BCUT2D eigenvalue weighted by Crippen LogP contribution is 2.38. The Kier molecular flexibility index (Phi) is 5.95. The number of benzene rings is 1. The lowest BCUT2D eigenvalue weighted by Gasteiger charge is -2.39. The fourth-order valence-electron chi connectivity index (χ4n) is 4.44. The molecule has 2 atom stereocenters. The molecule has 2 aliphatic rings. The zero-order valence-corrected chi connectivity index (χ0v) is 19.7. The Hall–Kier alpha value is -1.85. The number of likely N-dealkylation sites (N-methyl/N-ethyl adjacent to an activating group) is 1. The fourth-order valence-corrected chi connectivity index (χ4v) is 5.55. The molecule has 1 saturated heterocycles. The first-order chi connectivity index (χ1) is 14.2. The van der Waals surface area contributed by atoms with Crippen molar-refractivity contribution in [3.63, 3.8) is 0 Å². The molecule has 2 aliphatic heterocycles. The van der Waals surface area contributed by atoms with Crippen LogP contribution in [0.1, 0.15) is 63.4 Å². The Morgan fingerprint density at radius 2 is 2.00 bits per heavy atom. The molecule has 0 N–H and O–H groups in total. The van der Waals surface area contributed by atoms with Gasteiger partial charge in [-0.2, -0.15) is 0 Å². The van der Waals surface area contributed by atoms with E-state index < -0.39 is 5.60 Å². The summed E-state index contributed by atoms with van der Waals surface area (Å²) in [5.41, 5.74) is 2.22. The molecular weight excluding hydrogens is 392 g/mol. The van der Waals surface area contributed by atoms with Gasteiger partial charge in [-0.3, -0.25) is 0 Å². The van der Waals surface area contributed by atoms with E-state index in [1.54, 1.807) is 0 Å². The van der Waals surface area contributed by atoms with Crippen LogP contribution in [-0.2, 0) is 4.74 Å². The van der Waals surface area contributed by atoms with Crippen LogP contribution in [0, 0.1) is 5.92 Å². The molecular formula is C25H34N2O2S. The summed E-state index contributed by atoms with van der Waals surface area (Å²) >= 11 is 1.88. The van der Waals surface area contributed by atoms with E-state index >= 15 is 0 Å². The normalized spacial score (nSPS) is 23.5. The molecule has 4 rings (SSSR count). The van der Waals surface area contributed by atoms with Crippen LogP contribution in [0.5, 0.6) is 0 Å². The molecule has 0 bridgehead atoms. The van der Waals surface area contributed by atoms with Gasteiger partial charge < -0.3 is 14.5 Å². The lowest BCUT2D eigenvalue weighted by atomic mass is 9.90. The van der Waals surface area contributed by atoms with E-state index in [4.69, 9.17) is 4.74 Å². The molecule has 3 heterocycles. The van der Waals surface area contributed by atoms with Crippen molar-refractivity contribution in [1.82, 2.24) is 9.80 Å². The topological polar surface area (TPSA) is 32.8 Å². The minimum Gasteiger partial charge on any atom is -0.444 e. The van der Waals surface area contributed by atoms with Crippen molar-refractivity contribution < 1.29 is 9.53 Å². The van der Waals surface area contributed by atoms with E-state index in [-0.39, 0.29) is 12.1 Å². The molecule has 162 valence electrons. The maximum Gasteiger partial charge on any atom is 0.410 e. The molecule has 5 heteroatoms. The molecule has 1 fully saturated rings. The molecule has 0 aliphatic carbocycles. The number of thiophene rings is 1. The van der Waals surface area contributed by atoms with Gasteiger partial charge in [-0.25, -0.2) is 4.79 Å². The van der Waals surface area contributed by atoms with Gasteiger partial charge in [0.2, 0.25) is 0 Å². The monoisotopic (exact) mass is 426 g/mol. The summed E-state index contributed by atoms with van der Waals surface area (Å²) < 4.78 is 7.06. The maximum absolute atomic E-state index is 12.9. The Labute approximate surface area is 184 Å². The van der Waals surface area contributed by atoms with E-state index in [2.05, 4.69) is 49.2 Å². The van der Waals surface area contributed by atoms with Gasteiger partial charge in [0.15, 0.2) is 0 Å². The number of hydrogen-bond donors (Lipinski definition) is 0. The van der Waals surface area contributed by atoms with E-state index in [0.29, 0.717) is 5.92 Å². The van der Waals surface area contributed by atoms with Crippen LogP contribution >= 0.6 is 11.3 Å². The van der Waals surface area contributed by atoms with Crippen LogP contribution in [0.2, 0.25) is 0 Å². The summed E-state index contributed by atoms with van der Waals surface area (Å²) in [6.07, 6.45) is 5.41. The van der Waals surface area contributed by atoms with Crippen LogP contribution in [0.4, 0.5) is 4.79 Å². The molecule has 0 saturated carbocycles. The van der Waals surface area contributed by atoms with Gasteiger partial charge >= 0.3 is 6.09 Å². The summed E-state index contributed by atoms with van der Waals surface area (Å²) in [4.78, 5) is 18.6. The molecule has 1 aromatic heterocycles. The number of piperidine rings is 1. The van der Waals surface area contributed by atoms with E-state index in [0.717, 1.165) is 38.9 Å². The minimum atomic E-state index is -0.476. The lowest BCUT2D eigenvalue weighted by Crippen LogP contribution is -2.44. The standard InChI is InChI=1S/C25H34N2O2S/c1-17-6-8-21(27(16-17)24(28)29-25(2,3)4)19-7-9-22-20(14-19)15-23(30-22)18-10-12-26(5)13-11-18/h7,9-10,14-15,17,21H,6,8,11-13,16H2,1-5H3/t17-,21+/m0/s1. The second-order valence-corrected chi connectivity index (χ2v) is 11.1. The van der Waals surface area contributed by atoms with Crippen molar-refractivity contribution >= 4 is 33.1 Å². The van der Waals surface area contributed by atoms with Crippen molar-refractivity contribution in [3.8, 4) is 0 Å². The van der Waals surface area contributed by atoms with Crippen molar-refractivity contribution in [3.05, 3.63) is 40.8 Å². The van der Waals surface area contributed by atoms with Gasteiger partial charge in [0.25, 0.3) is 0 Å². The Bertz CT molecular complexity index is 956. The summed E-state index contributed by atoms with van der Waals surface area (Å²) in [6, 6.07) is 9.17. The first kappa shape index (κ1) is 21.4. The highest BCUT2D eigenvalue weighted by Gasteiger charge is 2.34. The van der Waals surface area contributed by atoms with Gasteiger partial charge in [0, 0.05) is 29.2 Å². The number of nitrogens with zero attached hydrogens (tertiary/aromatic N) is 2. The van der Waals surface area contributed by atoms with E-state index in [9.17, 15) is 4.79 Å². The van der Waals surface area contributed by atoms with Gasteiger partial charge in [-0.15, -0.1) is 11.3 Å². The number of carbonyl (C=O) groups excluding carboxylic acids is 1. The van der Waals surface area contributed by atoms with Crippen molar-refractivity contribution in [2.45, 2.75) is 58.6 Å². The van der Waals surface area contributed by atoms with Crippen LogP contribution in [0.25, 0.3) is 15.7 Å². The van der Waals surface area contributed by atoms with E-state index in [1.807, 2.05) is 37.0 Å². The van der Waals surface area contributed by atoms with Crippen molar-refractivity contribution in [2.75, 3.05) is 26.7 Å². The highest BCUT2D eigenvalue weighted by molar-refractivity contribution is 7.20. The predicted octanol–water partition coefficient (Wildman–Crippen LogP) is 6.33. The third-order valence-corrected chi connectivity index (χ3v) is 7.29. The predicted molar refractivity (Wildman–Crippen MR) is 126 cm³/mol. The zero-order valence-electron chi connectivity index (χ0n) is 18.9. The average molecular weight is 427 g/mol. The molecule has 1 amide bonds. The lowest BCUT2D eigenvalue weighted by molar-refractivity contribution is 0.00365. The third kappa shape index (κ3) is 4.73. The maximum atomic E-state index is 12.9. The average Bonchev–Trinajstić information content (AvgIpc) is 3.10. The minimum absolute atomic E-state index is 0.0892. The molecule has 4 nitrogen and oxygen atoms in total. The van der Waals surface area contributed by atoms with Crippen LogP contribution in [0.15, 0.2) is 30.3 Å². The molecule has 2 aromatic rings. The summed E-state index contributed by atoms with van der Waals surface area (Å²) in [7, 11) is 2.17. The largest absolute Gasteiger partial charge is 0.444 e. The van der Waals surface area contributed by atoms with Crippen LogP contribution in [-0.4, -0.2) is 48.2 Å². The second kappa shape index (κ2) is 8.35. The van der Waals surface area contributed by atoms with Crippen LogP contribution in [0.3, 0.4) is 0 Å². The van der Waals surface area contributed by atoms with Gasteiger partial charge in [0.05, 0.1) is 6.04 Å². The van der Waals surface area contributed by atoms with Crippen molar-refractivity contribution in [1.29, 1.82) is 0 Å². The first-order valence-electron chi connectivity index (χ1n) is 11.1. The third-order valence-electron chi connectivity index (χ3n) is 6.10. The number of amides is 1. The molecule has 0 spiro atoms. The number of fused-ring (bicyclic) bond motifs is 1. The Morgan fingerprint density at radius 3 is 2.70 bits per heavy atom. The second-order valence-electron chi connectivity index (χ2n) is 9.98. The summed E-state index contributed by atoms with van der Waals surface area (Å²) in [5.74, 6) is 0.501. The fraction of sp³-hybridized carbons (Fsp3) is 0.560. The quantitative estimate of drug-likeness (QED) is 0.563. The molecule has 0 unspecified atom stereocenters. The smallest absolute Gasteiger partial charge is 0.410 e. The molecule has 30 heavy (non-hydrogen) atoms. The Morgan fingerprint density at radius 1 is 1.20 bits per heavy atom. The molecule has 1 aromatic carbocycles. The number of likely N-dealkylation sites (tertiary alicyclic amines) is 1. The Balaban J connectivity index is 1.61. The molecule has 0 radical (unpaired) electrons. The number of ether oxygens (including phenoxy) is 1. The SMILES string of the molecule is C[C@H]1CC[C@H](c2ccc3sc(C4=CCN(C)CC4)cc3c2)N(C(=O)OC(C)(C)C)C1. The highest BCUT2D eigenvalue weighted by atomic mass is 32.1. The number of rotatable bonds is 2. The summed E-state index contributed by atoms with van der Waals surface area (Å²) in [6.45, 7) is 10.9. The van der Waals surface area contributed by atoms with Crippen LogP contribution < -0.4 is 0 Å². The zero-order chi connectivity index (χ0) is 21.5. The number of carbonyl (C=O) groups is 1. The van der Waals surface area contributed by atoms with Gasteiger partial charge in [0.1, 0.15) is 5.60 Å². The van der Waals surface area contributed by atoms with Gasteiger partial charge in [-0.05, 0) is 87.7 Å². The van der Waals surface area contributed by atoms with Gasteiger partial charge in [-0.1, -0.05) is 19.1 Å². The number of hydrogen-bond acceptors (Lipinski definition) is 4. The van der Waals surface area contributed by atoms with E-state index in [1.165, 1.54) is 26.1 Å². The summed E-state index contributed by atoms with van der Waals surface area (Å²) in [5, 5.41) is 1.29. The first-order valence-corrected chi connectivity index (χ1v) is 11.9.